The van der Waals surface area contributed by atoms with Crippen LogP contribution in [0.25, 0.3) is 12.2 Å². The average Bonchev–Trinajstić information content (AvgIpc) is 2.45. The smallest absolute Gasteiger partial charge is 0.248 e. The molecule has 1 aromatic rings. The van der Waals surface area contributed by atoms with Crippen molar-refractivity contribution in [3.8, 4) is 0 Å². The number of rotatable bonds is 0. The molecule has 0 fully saturated rings. The van der Waals surface area contributed by atoms with E-state index in [-0.39, 0.29) is 6.99 Å². The molecular weight excluding hydrogens is 174 g/mol. The first-order chi connectivity index (χ1) is 6.86. The third-order valence-corrected chi connectivity index (χ3v) is 1.84. The SMILES string of the molecule is CC.O=c1ccc2c([nH]1)C=CCC=C2.[HH]. The Bertz CT molecular complexity index is 404. The van der Waals surface area contributed by atoms with Gasteiger partial charge in [0.2, 0.25) is 5.56 Å². The summed E-state index contributed by atoms with van der Waals surface area (Å²) >= 11 is 0. The Morgan fingerprint density at radius 3 is 2.71 bits per heavy atom. The maximum atomic E-state index is 10.9. The molecule has 0 aromatic carbocycles. The molecular formula is C12H17NO. The highest BCUT2D eigenvalue weighted by Crippen LogP contribution is 2.12. The zero-order chi connectivity index (χ0) is 10.4. The van der Waals surface area contributed by atoms with E-state index >= 15 is 0 Å². The molecule has 0 unspecified atom stereocenters. The topological polar surface area (TPSA) is 32.9 Å². The first-order valence-corrected chi connectivity index (χ1v) is 4.93. The molecule has 1 N–H and O–H groups in total. The molecule has 1 aliphatic rings. The molecule has 1 aliphatic carbocycles. The van der Waals surface area contributed by atoms with Gasteiger partial charge >= 0.3 is 0 Å². The monoisotopic (exact) mass is 191 g/mol. The van der Waals surface area contributed by atoms with Crippen molar-refractivity contribution in [3.05, 3.63) is 45.9 Å². The van der Waals surface area contributed by atoms with E-state index in [2.05, 4.69) is 11.1 Å². The molecule has 76 valence electrons. The summed E-state index contributed by atoms with van der Waals surface area (Å²) in [6.07, 6.45) is 8.98. The quantitative estimate of drug-likeness (QED) is 0.671. The van der Waals surface area contributed by atoms with E-state index in [9.17, 15) is 4.79 Å². The molecule has 2 heteroatoms. The van der Waals surface area contributed by atoms with Crippen LogP contribution in [-0.4, -0.2) is 4.98 Å². The van der Waals surface area contributed by atoms with Crippen molar-refractivity contribution in [2.45, 2.75) is 20.3 Å². The van der Waals surface area contributed by atoms with Gasteiger partial charge in [-0.15, -0.1) is 0 Å². The van der Waals surface area contributed by atoms with Crippen molar-refractivity contribution in [2.24, 2.45) is 0 Å². The Morgan fingerprint density at radius 2 is 1.93 bits per heavy atom. The third-order valence-electron chi connectivity index (χ3n) is 1.84. The molecule has 0 atom stereocenters. The van der Waals surface area contributed by atoms with Gasteiger partial charge in [0.15, 0.2) is 0 Å². The lowest BCUT2D eigenvalue weighted by Gasteiger charge is -1.96. The van der Waals surface area contributed by atoms with Crippen molar-refractivity contribution in [1.29, 1.82) is 0 Å². The first-order valence-electron chi connectivity index (χ1n) is 4.93. The van der Waals surface area contributed by atoms with Crippen LogP contribution >= 0.6 is 0 Å². The van der Waals surface area contributed by atoms with Gasteiger partial charge in [-0.2, -0.15) is 0 Å². The largest absolute Gasteiger partial charge is 0.322 e. The van der Waals surface area contributed by atoms with Gasteiger partial charge in [-0.3, -0.25) is 4.79 Å². The molecule has 0 bridgehead atoms. The molecule has 0 aliphatic heterocycles. The molecule has 1 aromatic heterocycles. The Morgan fingerprint density at radius 1 is 1.21 bits per heavy atom. The summed E-state index contributed by atoms with van der Waals surface area (Å²) in [5, 5.41) is 0. The lowest BCUT2D eigenvalue weighted by atomic mass is 10.2. The standard InChI is InChI=1S/C10H9NO.C2H6.H2/c12-10-7-6-8-4-2-1-3-5-9(8)11-10;1-2;/h2-7H,1H2,(H,11,12);1-2H3;1H. The van der Waals surface area contributed by atoms with Gasteiger partial charge in [-0.1, -0.05) is 32.1 Å². The van der Waals surface area contributed by atoms with E-state index in [1.807, 2.05) is 38.1 Å². The van der Waals surface area contributed by atoms with Crippen LogP contribution in [0.3, 0.4) is 0 Å². The zero-order valence-electron chi connectivity index (χ0n) is 8.58. The fourth-order valence-electron chi connectivity index (χ4n) is 1.24. The molecule has 2 nitrogen and oxygen atoms in total. The van der Waals surface area contributed by atoms with Crippen molar-refractivity contribution in [2.75, 3.05) is 0 Å². The lowest BCUT2D eigenvalue weighted by Crippen LogP contribution is -2.05. The Labute approximate surface area is 85.5 Å². The number of nitrogens with one attached hydrogen (secondary N) is 1. The predicted molar refractivity (Wildman–Crippen MR) is 63.2 cm³/mol. The number of hydrogen-bond acceptors (Lipinski definition) is 1. The average molecular weight is 191 g/mol. The molecule has 1 heterocycles. The minimum Gasteiger partial charge on any atom is -0.322 e. The summed E-state index contributed by atoms with van der Waals surface area (Å²) in [4.78, 5) is 13.7. The van der Waals surface area contributed by atoms with E-state index in [0.717, 1.165) is 17.7 Å². The van der Waals surface area contributed by atoms with E-state index in [1.54, 1.807) is 6.07 Å². The predicted octanol–water partition coefficient (Wildman–Crippen LogP) is 3.08. The number of aromatic nitrogens is 1. The molecule has 0 saturated carbocycles. The summed E-state index contributed by atoms with van der Waals surface area (Å²) in [5.74, 6) is 0. The zero-order valence-corrected chi connectivity index (χ0v) is 8.58. The van der Waals surface area contributed by atoms with Crippen molar-refractivity contribution in [3.63, 3.8) is 0 Å². The normalized spacial score (nSPS) is 12.4. The minimum absolute atomic E-state index is 0. The highest BCUT2D eigenvalue weighted by Gasteiger charge is 1.97. The van der Waals surface area contributed by atoms with Crippen molar-refractivity contribution >= 4 is 12.2 Å². The van der Waals surface area contributed by atoms with Crippen LogP contribution in [0.4, 0.5) is 0 Å². The van der Waals surface area contributed by atoms with Crippen LogP contribution in [0.15, 0.2) is 29.1 Å². The number of allylic oxidation sites excluding steroid dienone is 2. The number of H-pyrrole nitrogens is 1. The third kappa shape index (κ3) is 2.46. The maximum Gasteiger partial charge on any atom is 0.248 e. The molecule has 2 rings (SSSR count). The van der Waals surface area contributed by atoms with Crippen LogP contribution in [0, 0.1) is 0 Å². The first kappa shape index (κ1) is 10.5. The number of aromatic amines is 1. The number of pyridine rings is 1. The molecule has 0 spiro atoms. The Hall–Kier alpha value is -1.57. The molecule has 0 amide bonds. The second-order valence-corrected chi connectivity index (χ2v) is 2.73. The summed E-state index contributed by atoms with van der Waals surface area (Å²) in [7, 11) is 0. The second kappa shape index (κ2) is 5.22. The van der Waals surface area contributed by atoms with E-state index in [4.69, 9.17) is 0 Å². The van der Waals surface area contributed by atoms with Crippen LogP contribution < -0.4 is 5.56 Å². The van der Waals surface area contributed by atoms with Gasteiger partial charge in [0.05, 0.1) is 0 Å². The highest BCUT2D eigenvalue weighted by molar-refractivity contribution is 5.64. The highest BCUT2D eigenvalue weighted by atomic mass is 16.1. The van der Waals surface area contributed by atoms with Gasteiger partial charge in [0, 0.05) is 13.2 Å². The van der Waals surface area contributed by atoms with Gasteiger partial charge in [0.25, 0.3) is 0 Å². The van der Waals surface area contributed by atoms with Gasteiger partial charge in [-0.05, 0) is 24.1 Å². The molecule has 14 heavy (non-hydrogen) atoms. The summed E-state index contributed by atoms with van der Waals surface area (Å²) in [6, 6.07) is 3.38. The Balaban J connectivity index is 0.000000617. The second-order valence-electron chi connectivity index (χ2n) is 2.73. The lowest BCUT2D eigenvalue weighted by molar-refractivity contribution is 1.21. The van der Waals surface area contributed by atoms with Crippen LogP contribution in [-0.2, 0) is 0 Å². The van der Waals surface area contributed by atoms with E-state index in [0.29, 0.717) is 0 Å². The van der Waals surface area contributed by atoms with Gasteiger partial charge in [0.1, 0.15) is 0 Å². The minimum atomic E-state index is -0.0475. The fraction of sp³-hybridized carbons (Fsp3) is 0.250. The summed E-state index contributed by atoms with van der Waals surface area (Å²) < 4.78 is 0. The fourth-order valence-corrected chi connectivity index (χ4v) is 1.24. The summed E-state index contributed by atoms with van der Waals surface area (Å²) in [6.45, 7) is 4.00. The number of fused-ring (bicyclic) bond motifs is 1. The summed E-state index contributed by atoms with van der Waals surface area (Å²) in [5.41, 5.74) is 1.92. The Kier molecular flexibility index (Phi) is 3.92. The van der Waals surface area contributed by atoms with E-state index in [1.165, 1.54) is 0 Å². The molecule has 0 radical (unpaired) electrons. The van der Waals surface area contributed by atoms with Crippen LogP contribution in [0.2, 0.25) is 0 Å². The van der Waals surface area contributed by atoms with Crippen molar-refractivity contribution in [1.82, 2.24) is 4.98 Å². The number of hydrogen-bond donors (Lipinski definition) is 1. The van der Waals surface area contributed by atoms with Crippen LogP contribution in [0.5, 0.6) is 0 Å². The molecule has 0 saturated heterocycles. The van der Waals surface area contributed by atoms with Gasteiger partial charge in [-0.25, -0.2) is 0 Å². The maximum absolute atomic E-state index is 10.9. The van der Waals surface area contributed by atoms with E-state index < -0.39 is 0 Å². The van der Waals surface area contributed by atoms with Gasteiger partial charge < -0.3 is 4.98 Å². The van der Waals surface area contributed by atoms with Crippen LogP contribution in [0.1, 0.15) is 33.0 Å². The van der Waals surface area contributed by atoms with Crippen molar-refractivity contribution < 1.29 is 1.43 Å².